The number of likely N-dealkylation sites (tertiary alicyclic amines) is 1. The van der Waals surface area contributed by atoms with Gasteiger partial charge in [-0.1, -0.05) is 30.7 Å². The molecule has 0 bridgehead atoms. The molecular weight excluding hydrogens is 348 g/mol. The monoisotopic (exact) mass is 378 g/mol. The van der Waals surface area contributed by atoms with Crippen LogP contribution in [0.2, 0.25) is 0 Å². The van der Waals surface area contributed by atoms with Crippen LogP contribution in [0.1, 0.15) is 47.2 Å². The Morgan fingerprint density at radius 3 is 2.21 bits per heavy atom. The van der Waals surface area contributed by atoms with E-state index in [1.165, 1.54) is 43.5 Å². The number of ketones is 1. The van der Waals surface area contributed by atoms with Crippen LogP contribution in [0.4, 0.5) is 0 Å². The van der Waals surface area contributed by atoms with Crippen molar-refractivity contribution in [1.82, 2.24) is 9.80 Å². The Labute approximate surface area is 168 Å². The molecule has 0 spiro atoms. The SMILES string of the molecule is O=C(CN1Cc2ccccc2C1)c1ccc(OCCCN2CCCCC2)cc1. The molecule has 4 rings (SSSR count). The normalized spacial score (nSPS) is 17.4. The lowest BCUT2D eigenvalue weighted by Gasteiger charge is -2.26. The van der Waals surface area contributed by atoms with E-state index < -0.39 is 0 Å². The predicted octanol–water partition coefficient (Wildman–Crippen LogP) is 4.14. The van der Waals surface area contributed by atoms with Crippen molar-refractivity contribution in [2.75, 3.05) is 32.8 Å². The van der Waals surface area contributed by atoms with E-state index in [1.807, 2.05) is 24.3 Å². The number of carbonyl (C=O) groups excluding carboxylic acids is 1. The van der Waals surface area contributed by atoms with Crippen LogP contribution in [0, 0.1) is 0 Å². The number of nitrogens with zero attached hydrogens (tertiary/aromatic N) is 2. The molecule has 0 atom stereocenters. The second kappa shape index (κ2) is 9.35. The van der Waals surface area contributed by atoms with Gasteiger partial charge in [-0.2, -0.15) is 0 Å². The van der Waals surface area contributed by atoms with Crippen LogP contribution in [0.15, 0.2) is 48.5 Å². The lowest BCUT2D eigenvalue weighted by Crippen LogP contribution is -2.31. The minimum absolute atomic E-state index is 0.171. The Morgan fingerprint density at radius 1 is 0.857 bits per heavy atom. The van der Waals surface area contributed by atoms with Crippen LogP contribution >= 0.6 is 0 Å². The first-order valence-electron chi connectivity index (χ1n) is 10.6. The van der Waals surface area contributed by atoms with Gasteiger partial charge in [0.05, 0.1) is 13.2 Å². The number of hydrogen-bond acceptors (Lipinski definition) is 4. The number of piperidine rings is 1. The first-order valence-corrected chi connectivity index (χ1v) is 10.6. The van der Waals surface area contributed by atoms with Crippen LogP contribution in [0.3, 0.4) is 0 Å². The van der Waals surface area contributed by atoms with Gasteiger partial charge in [0.1, 0.15) is 5.75 Å². The van der Waals surface area contributed by atoms with Crippen LogP contribution in [0.25, 0.3) is 0 Å². The topological polar surface area (TPSA) is 32.8 Å². The first-order chi connectivity index (χ1) is 13.8. The highest BCUT2D eigenvalue weighted by Gasteiger charge is 2.20. The maximum absolute atomic E-state index is 12.6. The van der Waals surface area contributed by atoms with Gasteiger partial charge in [0.15, 0.2) is 5.78 Å². The van der Waals surface area contributed by atoms with Gasteiger partial charge in [0.2, 0.25) is 0 Å². The molecule has 2 aliphatic heterocycles. The van der Waals surface area contributed by atoms with Crippen LogP contribution < -0.4 is 4.74 Å². The molecule has 0 N–H and O–H groups in total. The molecule has 2 heterocycles. The molecule has 1 fully saturated rings. The van der Waals surface area contributed by atoms with Gasteiger partial charge in [-0.15, -0.1) is 0 Å². The van der Waals surface area contributed by atoms with Crippen LogP contribution in [0.5, 0.6) is 5.75 Å². The van der Waals surface area contributed by atoms with Crippen LogP contribution in [-0.4, -0.2) is 48.4 Å². The Bertz CT molecular complexity index is 756. The summed E-state index contributed by atoms with van der Waals surface area (Å²) in [7, 11) is 0. The van der Waals surface area contributed by atoms with Crippen molar-refractivity contribution in [2.24, 2.45) is 0 Å². The second-order valence-electron chi connectivity index (χ2n) is 7.97. The molecule has 2 aliphatic rings. The van der Waals surface area contributed by atoms with E-state index in [0.29, 0.717) is 6.54 Å². The minimum Gasteiger partial charge on any atom is -0.494 e. The number of hydrogen-bond donors (Lipinski definition) is 0. The van der Waals surface area contributed by atoms with Crippen molar-refractivity contribution in [3.63, 3.8) is 0 Å². The summed E-state index contributed by atoms with van der Waals surface area (Å²) in [5.74, 6) is 1.02. The maximum Gasteiger partial charge on any atom is 0.176 e. The molecule has 0 aromatic heterocycles. The summed E-state index contributed by atoms with van der Waals surface area (Å²) in [4.78, 5) is 17.3. The van der Waals surface area contributed by atoms with E-state index in [2.05, 4.69) is 34.1 Å². The maximum atomic E-state index is 12.6. The molecule has 28 heavy (non-hydrogen) atoms. The number of carbonyl (C=O) groups is 1. The fourth-order valence-corrected chi connectivity index (χ4v) is 4.21. The summed E-state index contributed by atoms with van der Waals surface area (Å²) in [6.45, 7) is 6.51. The van der Waals surface area contributed by atoms with E-state index in [-0.39, 0.29) is 5.78 Å². The number of Topliss-reactive ketones (excluding diaryl/α,β-unsaturated/α-hetero) is 1. The molecule has 2 aromatic carbocycles. The van der Waals surface area contributed by atoms with E-state index >= 15 is 0 Å². The largest absolute Gasteiger partial charge is 0.494 e. The highest BCUT2D eigenvalue weighted by molar-refractivity contribution is 5.97. The van der Waals surface area contributed by atoms with Crippen molar-refractivity contribution in [3.05, 3.63) is 65.2 Å². The third-order valence-electron chi connectivity index (χ3n) is 5.79. The van der Waals surface area contributed by atoms with Crippen molar-refractivity contribution < 1.29 is 9.53 Å². The summed E-state index contributed by atoms with van der Waals surface area (Å²) >= 11 is 0. The summed E-state index contributed by atoms with van der Waals surface area (Å²) in [6.07, 6.45) is 5.10. The fraction of sp³-hybridized carbons (Fsp3) is 0.458. The average molecular weight is 379 g/mol. The molecule has 148 valence electrons. The first kappa shape index (κ1) is 19.2. The highest BCUT2D eigenvalue weighted by atomic mass is 16.5. The van der Waals surface area contributed by atoms with Crippen molar-refractivity contribution in [3.8, 4) is 5.75 Å². The molecule has 1 saturated heterocycles. The summed E-state index contributed by atoms with van der Waals surface area (Å²) < 4.78 is 5.86. The average Bonchev–Trinajstić information content (AvgIpc) is 3.14. The van der Waals surface area contributed by atoms with Crippen molar-refractivity contribution in [2.45, 2.75) is 38.8 Å². The molecule has 2 aromatic rings. The number of fused-ring (bicyclic) bond motifs is 1. The summed E-state index contributed by atoms with van der Waals surface area (Å²) in [6, 6.07) is 16.1. The van der Waals surface area contributed by atoms with Gasteiger partial charge in [-0.05, 0) is 67.7 Å². The van der Waals surface area contributed by atoms with Gasteiger partial charge in [0, 0.05) is 25.2 Å². The van der Waals surface area contributed by atoms with E-state index in [0.717, 1.165) is 44.0 Å². The van der Waals surface area contributed by atoms with Crippen LogP contribution in [-0.2, 0) is 13.1 Å². The lowest BCUT2D eigenvalue weighted by atomic mass is 10.1. The number of rotatable bonds is 8. The molecule has 0 unspecified atom stereocenters. The molecular formula is C24H30N2O2. The summed E-state index contributed by atoms with van der Waals surface area (Å²) in [5, 5.41) is 0. The molecule has 0 saturated carbocycles. The van der Waals surface area contributed by atoms with Gasteiger partial charge in [0.25, 0.3) is 0 Å². The number of ether oxygens (including phenoxy) is 1. The molecule has 0 radical (unpaired) electrons. The standard InChI is InChI=1S/C24H30N2O2/c27-24(19-26-17-21-7-2-3-8-22(21)18-26)20-9-11-23(12-10-20)28-16-6-15-25-13-4-1-5-14-25/h2-3,7-12H,1,4-6,13-19H2. The predicted molar refractivity (Wildman–Crippen MR) is 112 cm³/mol. The quantitative estimate of drug-likeness (QED) is 0.511. The van der Waals surface area contributed by atoms with Gasteiger partial charge in [-0.25, -0.2) is 0 Å². The van der Waals surface area contributed by atoms with Gasteiger partial charge >= 0.3 is 0 Å². The van der Waals surface area contributed by atoms with E-state index in [4.69, 9.17) is 4.74 Å². The Kier molecular flexibility index (Phi) is 6.40. The van der Waals surface area contributed by atoms with Gasteiger partial charge < -0.3 is 9.64 Å². The van der Waals surface area contributed by atoms with Crippen molar-refractivity contribution >= 4 is 5.78 Å². The van der Waals surface area contributed by atoms with E-state index in [9.17, 15) is 4.79 Å². The molecule has 0 amide bonds. The third kappa shape index (κ3) is 5.00. The second-order valence-corrected chi connectivity index (χ2v) is 7.97. The minimum atomic E-state index is 0.171. The lowest BCUT2D eigenvalue weighted by molar-refractivity contribution is 0.0929. The zero-order chi connectivity index (χ0) is 19.2. The third-order valence-corrected chi connectivity index (χ3v) is 5.79. The Balaban J connectivity index is 1.20. The number of benzene rings is 2. The zero-order valence-electron chi connectivity index (χ0n) is 16.6. The smallest absolute Gasteiger partial charge is 0.176 e. The molecule has 0 aliphatic carbocycles. The van der Waals surface area contributed by atoms with E-state index in [1.54, 1.807) is 0 Å². The van der Waals surface area contributed by atoms with Gasteiger partial charge in [-0.3, -0.25) is 9.69 Å². The molecule has 4 heteroatoms. The Hall–Kier alpha value is -2.17. The highest BCUT2D eigenvalue weighted by Crippen LogP contribution is 2.22. The Morgan fingerprint density at radius 2 is 1.54 bits per heavy atom. The molecule has 4 nitrogen and oxygen atoms in total. The zero-order valence-corrected chi connectivity index (χ0v) is 16.6. The summed E-state index contributed by atoms with van der Waals surface area (Å²) in [5.41, 5.74) is 3.43. The fourth-order valence-electron chi connectivity index (χ4n) is 4.21. The van der Waals surface area contributed by atoms with Crippen molar-refractivity contribution in [1.29, 1.82) is 0 Å².